The van der Waals surface area contributed by atoms with Gasteiger partial charge in [0.1, 0.15) is 5.76 Å². The van der Waals surface area contributed by atoms with Crippen molar-refractivity contribution in [3.63, 3.8) is 0 Å². The van der Waals surface area contributed by atoms with E-state index >= 15 is 0 Å². The van der Waals surface area contributed by atoms with Crippen LogP contribution in [0.4, 0.5) is 5.69 Å². The first-order valence-electron chi connectivity index (χ1n) is 5.52. The van der Waals surface area contributed by atoms with Gasteiger partial charge in [-0.25, -0.2) is 4.79 Å². The average Bonchev–Trinajstić information content (AvgIpc) is 2.88. The van der Waals surface area contributed by atoms with E-state index in [1.807, 2.05) is 0 Å². The largest absolute Gasteiger partial charge is 0.461 e. The van der Waals surface area contributed by atoms with E-state index in [4.69, 9.17) is 15.0 Å². The fourth-order valence-electron chi connectivity index (χ4n) is 1.57. The van der Waals surface area contributed by atoms with Gasteiger partial charge >= 0.3 is 5.97 Å². The second-order valence-electron chi connectivity index (χ2n) is 3.76. The number of anilines is 1. The van der Waals surface area contributed by atoms with Gasteiger partial charge in [-0.3, -0.25) is 4.68 Å². The third-order valence-electron chi connectivity index (χ3n) is 2.43. The Hall–Kier alpha value is -2.02. The zero-order valence-electron chi connectivity index (χ0n) is 10.6. The lowest BCUT2D eigenvalue weighted by atomic mass is 10.2. The van der Waals surface area contributed by atoms with Gasteiger partial charge in [0, 0.05) is 6.20 Å². The number of ether oxygens (including phenoxy) is 1. The minimum atomic E-state index is -0.496. The molecule has 2 N–H and O–H groups in total. The maximum absolute atomic E-state index is 11.7. The van der Waals surface area contributed by atoms with E-state index in [2.05, 4.69) is 10.3 Å². The average molecular weight is 287 g/mol. The molecule has 0 aromatic carbocycles. The molecule has 0 saturated heterocycles. The summed E-state index contributed by atoms with van der Waals surface area (Å²) in [7, 11) is 0. The van der Waals surface area contributed by atoms with Crippen LogP contribution in [-0.2, 0) is 11.3 Å². The highest BCUT2D eigenvalue weighted by atomic mass is 35.5. The molecule has 8 heteroatoms. The highest BCUT2D eigenvalue weighted by Crippen LogP contribution is 2.16. The number of nitrogens with zero attached hydrogens (tertiary/aromatic N) is 3. The Morgan fingerprint density at radius 2 is 2.32 bits per heavy atom. The molecule has 0 spiro atoms. The molecule has 0 aliphatic heterocycles. The van der Waals surface area contributed by atoms with E-state index in [9.17, 15) is 4.79 Å². The molecule has 7 nitrogen and oxygen atoms in total. The van der Waals surface area contributed by atoms with Crippen LogP contribution in [0.25, 0.3) is 0 Å². The summed E-state index contributed by atoms with van der Waals surface area (Å²) in [4.78, 5) is 11.7. The summed E-state index contributed by atoms with van der Waals surface area (Å²) >= 11 is 0. The van der Waals surface area contributed by atoms with Gasteiger partial charge in [0.15, 0.2) is 5.69 Å². The van der Waals surface area contributed by atoms with Crippen molar-refractivity contribution in [2.45, 2.75) is 20.4 Å². The van der Waals surface area contributed by atoms with Crippen molar-refractivity contribution in [3.8, 4) is 0 Å². The van der Waals surface area contributed by atoms with E-state index in [-0.39, 0.29) is 18.1 Å². The number of hydrogen-bond acceptors (Lipinski definition) is 6. The molecule has 0 aliphatic carbocycles. The Labute approximate surface area is 116 Å². The third kappa shape index (κ3) is 3.25. The number of hydrogen-bond donors (Lipinski definition) is 1. The van der Waals surface area contributed by atoms with E-state index in [1.165, 1.54) is 6.20 Å². The summed E-state index contributed by atoms with van der Waals surface area (Å²) in [5.74, 6) is 0.0663. The topological polar surface area (TPSA) is 96.2 Å². The molecule has 0 saturated carbocycles. The van der Waals surface area contributed by atoms with Crippen LogP contribution in [0.2, 0.25) is 0 Å². The van der Waals surface area contributed by atoms with Crippen molar-refractivity contribution in [3.05, 3.63) is 29.4 Å². The van der Waals surface area contributed by atoms with E-state index in [0.717, 1.165) is 0 Å². The van der Waals surface area contributed by atoms with Crippen LogP contribution in [-0.4, -0.2) is 27.5 Å². The molecule has 2 rings (SSSR count). The maximum atomic E-state index is 11.7. The predicted molar refractivity (Wildman–Crippen MR) is 70.2 cm³/mol. The van der Waals surface area contributed by atoms with E-state index < -0.39 is 5.97 Å². The fourth-order valence-corrected chi connectivity index (χ4v) is 1.57. The third-order valence-corrected chi connectivity index (χ3v) is 2.43. The molecule has 19 heavy (non-hydrogen) atoms. The van der Waals surface area contributed by atoms with Crippen molar-refractivity contribution < 1.29 is 14.1 Å². The molecule has 0 bridgehead atoms. The Kier molecular flexibility index (Phi) is 4.94. The normalized spacial score (nSPS) is 10.0. The van der Waals surface area contributed by atoms with E-state index in [1.54, 1.807) is 24.7 Å². The Morgan fingerprint density at radius 1 is 1.58 bits per heavy atom. The van der Waals surface area contributed by atoms with Crippen molar-refractivity contribution in [2.24, 2.45) is 0 Å². The predicted octanol–water partition coefficient (Wildman–Crippen LogP) is 1.41. The highest BCUT2D eigenvalue weighted by Gasteiger charge is 2.21. The monoisotopic (exact) mass is 286 g/mol. The minimum absolute atomic E-state index is 0. The van der Waals surface area contributed by atoms with Crippen molar-refractivity contribution in [1.29, 1.82) is 0 Å². The summed E-state index contributed by atoms with van der Waals surface area (Å²) in [5, 5.41) is 7.76. The lowest BCUT2D eigenvalue weighted by Gasteiger charge is -2.02. The lowest BCUT2D eigenvalue weighted by molar-refractivity contribution is 0.0513. The van der Waals surface area contributed by atoms with Crippen LogP contribution in [0.1, 0.15) is 28.7 Å². The van der Waals surface area contributed by atoms with Gasteiger partial charge in [-0.15, -0.1) is 12.4 Å². The summed E-state index contributed by atoms with van der Waals surface area (Å²) in [6.07, 6.45) is 3.20. The van der Waals surface area contributed by atoms with Gasteiger partial charge in [0.25, 0.3) is 0 Å². The molecule has 2 aromatic rings. The summed E-state index contributed by atoms with van der Waals surface area (Å²) < 4.78 is 11.5. The maximum Gasteiger partial charge on any atom is 0.360 e. The standard InChI is InChI=1S/C11H14N4O3.ClH/c1-3-17-11(16)10-9(7(2)18-14-10)6-15-5-8(12)4-13-15;/h4-5H,3,6,12H2,1-2H3;1H. The van der Waals surface area contributed by atoms with Gasteiger partial charge in [-0.1, -0.05) is 5.16 Å². The zero-order chi connectivity index (χ0) is 13.1. The molecular formula is C11H15ClN4O3. The van der Waals surface area contributed by atoms with Crippen molar-refractivity contribution in [1.82, 2.24) is 14.9 Å². The van der Waals surface area contributed by atoms with Crippen LogP contribution in [0.3, 0.4) is 0 Å². The number of carbonyl (C=O) groups is 1. The quantitative estimate of drug-likeness (QED) is 0.854. The molecule has 2 heterocycles. The number of nitrogen functional groups attached to an aromatic ring is 1. The minimum Gasteiger partial charge on any atom is -0.461 e. The zero-order valence-corrected chi connectivity index (χ0v) is 11.4. The second-order valence-corrected chi connectivity index (χ2v) is 3.76. The number of esters is 1. The van der Waals surface area contributed by atoms with Crippen LogP contribution >= 0.6 is 12.4 Å². The summed E-state index contributed by atoms with van der Waals surface area (Å²) in [6.45, 7) is 4.12. The number of aromatic nitrogens is 3. The van der Waals surface area contributed by atoms with E-state index in [0.29, 0.717) is 30.2 Å². The fraction of sp³-hybridized carbons (Fsp3) is 0.364. The van der Waals surface area contributed by atoms with Crippen molar-refractivity contribution in [2.75, 3.05) is 12.3 Å². The van der Waals surface area contributed by atoms with Gasteiger partial charge in [-0.05, 0) is 13.8 Å². The summed E-state index contributed by atoms with van der Waals surface area (Å²) in [6, 6.07) is 0. The first-order valence-corrected chi connectivity index (χ1v) is 5.52. The van der Waals surface area contributed by atoms with Crippen LogP contribution < -0.4 is 5.73 Å². The first-order chi connectivity index (χ1) is 8.61. The smallest absolute Gasteiger partial charge is 0.360 e. The Morgan fingerprint density at radius 3 is 2.89 bits per heavy atom. The highest BCUT2D eigenvalue weighted by molar-refractivity contribution is 5.88. The number of aryl methyl sites for hydroxylation is 1. The Bertz CT molecular complexity index is 564. The molecule has 0 amide bonds. The molecule has 0 fully saturated rings. The van der Waals surface area contributed by atoms with Gasteiger partial charge in [0.05, 0.1) is 30.6 Å². The molecule has 0 aliphatic rings. The molecule has 2 aromatic heterocycles. The number of halogens is 1. The molecule has 0 atom stereocenters. The lowest BCUT2D eigenvalue weighted by Crippen LogP contribution is -2.11. The number of nitrogens with two attached hydrogens (primary N) is 1. The molecular weight excluding hydrogens is 272 g/mol. The second kappa shape index (κ2) is 6.24. The Balaban J connectivity index is 0.00000180. The van der Waals surface area contributed by atoms with Gasteiger partial charge in [-0.2, -0.15) is 5.10 Å². The SMILES string of the molecule is CCOC(=O)c1noc(C)c1Cn1cc(N)cn1.Cl. The van der Waals surface area contributed by atoms with Crippen LogP contribution in [0.15, 0.2) is 16.9 Å². The van der Waals surface area contributed by atoms with Gasteiger partial charge in [0.2, 0.25) is 0 Å². The molecule has 104 valence electrons. The number of carbonyl (C=O) groups excluding carboxylic acids is 1. The summed E-state index contributed by atoms with van der Waals surface area (Å²) in [5.41, 5.74) is 6.97. The van der Waals surface area contributed by atoms with Crippen molar-refractivity contribution >= 4 is 24.1 Å². The van der Waals surface area contributed by atoms with Crippen LogP contribution in [0, 0.1) is 6.92 Å². The molecule has 0 unspecified atom stereocenters. The molecule has 0 radical (unpaired) electrons. The van der Waals surface area contributed by atoms with Gasteiger partial charge < -0.3 is 15.0 Å². The van der Waals surface area contributed by atoms with Crippen LogP contribution in [0.5, 0.6) is 0 Å². The number of rotatable bonds is 4. The first kappa shape index (κ1) is 15.0.